The highest BCUT2D eigenvalue weighted by atomic mass is 16.5. The van der Waals surface area contributed by atoms with E-state index in [2.05, 4.69) is 20.7 Å². The highest BCUT2D eigenvalue weighted by Crippen LogP contribution is 2.25. The molecule has 8 nitrogen and oxygen atoms in total. The van der Waals surface area contributed by atoms with Gasteiger partial charge in [-0.25, -0.2) is 4.52 Å². The van der Waals surface area contributed by atoms with Crippen LogP contribution in [0.25, 0.3) is 16.9 Å². The molecule has 0 atom stereocenters. The van der Waals surface area contributed by atoms with Crippen LogP contribution in [0.1, 0.15) is 24.2 Å². The maximum Gasteiger partial charge on any atom is 0.251 e. The topological polar surface area (TPSA) is 107 Å². The van der Waals surface area contributed by atoms with E-state index in [1.54, 1.807) is 23.8 Å². The molecule has 0 unspecified atom stereocenters. The molecule has 0 fully saturated rings. The minimum atomic E-state index is -0.463. The smallest absolute Gasteiger partial charge is 0.251 e. The molecule has 0 aliphatic carbocycles. The third-order valence-corrected chi connectivity index (χ3v) is 4.83. The number of rotatable bonds is 7. The summed E-state index contributed by atoms with van der Waals surface area (Å²) < 4.78 is 7.12. The molecule has 2 heterocycles. The number of hydrogen-bond donors (Lipinski definition) is 3. The monoisotopic (exact) mass is 430 g/mol. The van der Waals surface area contributed by atoms with Crippen LogP contribution < -0.4 is 21.1 Å². The van der Waals surface area contributed by atoms with Crippen molar-refractivity contribution in [1.29, 1.82) is 0 Å². The van der Waals surface area contributed by atoms with Crippen LogP contribution in [0.4, 0.5) is 11.6 Å². The zero-order valence-electron chi connectivity index (χ0n) is 18.3. The molecule has 0 saturated heterocycles. The largest absolute Gasteiger partial charge is 0.497 e. The lowest BCUT2D eigenvalue weighted by molar-refractivity contribution is 0.0946. The highest BCUT2D eigenvalue weighted by Gasteiger charge is 2.14. The lowest BCUT2D eigenvalue weighted by atomic mass is 10.1. The van der Waals surface area contributed by atoms with Gasteiger partial charge in [0.15, 0.2) is 5.65 Å². The fraction of sp³-hybridized carbons (Fsp3) is 0.208. The van der Waals surface area contributed by atoms with Gasteiger partial charge in [-0.15, -0.1) is 5.10 Å². The Morgan fingerprint density at radius 2 is 1.84 bits per heavy atom. The van der Waals surface area contributed by atoms with Gasteiger partial charge in [0.25, 0.3) is 5.91 Å². The van der Waals surface area contributed by atoms with E-state index in [0.29, 0.717) is 23.7 Å². The predicted molar refractivity (Wildman–Crippen MR) is 125 cm³/mol. The summed E-state index contributed by atoms with van der Waals surface area (Å²) >= 11 is 0. The molecular weight excluding hydrogens is 404 g/mol. The molecule has 2 aromatic heterocycles. The third kappa shape index (κ3) is 4.87. The Morgan fingerprint density at radius 3 is 2.56 bits per heavy atom. The van der Waals surface area contributed by atoms with Gasteiger partial charge in [0.1, 0.15) is 5.75 Å². The van der Waals surface area contributed by atoms with Gasteiger partial charge >= 0.3 is 0 Å². The zero-order valence-corrected chi connectivity index (χ0v) is 18.3. The summed E-state index contributed by atoms with van der Waals surface area (Å²) in [4.78, 5) is 16.8. The molecule has 0 aliphatic heterocycles. The molecule has 4 rings (SSSR count). The molecular formula is C24H26N6O2. The van der Waals surface area contributed by atoms with Gasteiger partial charge in [-0.2, -0.15) is 4.98 Å². The summed E-state index contributed by atoms with van der Waals surface area (Å²) in [5.41, 5.74) is 9.38. The number of hydrogen-bond acceptors (Lipinski definition) is 6. The number of nitrogens with zero attached hydrogens (tertiary/aromatic N) is 3. The van der Waals surface area contributed by atoms with Gasteiger partial charge in [-0.3, -0.25) is 4.79 Å². The normalized spacial score (nSPS) is 11.4. The summed E-state index contributed by atoms with van der Waals surface area (Å²) in [7, 11) is 1.64. The first-order valence-corrected chi connectivity index (χ1v) is 10.3. The van der Waals surface area contributed by atoms with Crippen LogP contribution in [0.2, 0.25) is 0 Å². The number of carbonyl (C=O) groups is 1. The number of pyridine rings is 1. The second-order valence-corrected chi connectivity index (χ2v) is 8.22. The van der Waals surface area contributed by atoms with E-state index >= 15 is 0 Å². The van der Waals surface area contributed by atoms with E-state index in [4.69, 9.17) is 10.5 Å². The maximum atomic E-state index is 12.3. The van der Waals surface area contributed by atoms with Crippen molar-refractivity contribution >= 4 is 23.2 Å². The first-order valence-electron chi connectivity index (χ1n) is 10.3. The first-order chi connectivity index (χ1) is 15.3. The molecule has 164 valence electrons. The fourth-order valence-corrected chi connectivity index (χ4v) is 3.20. The molecule has 4 aromatic rings. The third-order valence-electron chi connectivity index (χ3n) is 4.83. The number of ether oxygens (including phenoxy) is 1. The van der Waals surface area contributed by atoms with Crippen LogP contribution in [-0.4, -0.2) is 39.7 Å². The van der Waals surface area contributed by atoms with E-state index in [0.717, 1.165) is 22.7 Å². The van der Waals surface area contributed by atoms with Crippen LogP contribution in [0.5, 0.6) is 5.75 Å². The van der Waals surface area contributed by atoms with Gasteiger partial charge < -0.3 is 21.1 Å². The Hall–Kier alpha value is -3.91. The Kier molecular flexibility index (Phi) is 5.79. The van der Waals surface area contributed by atoms with Gasteiger partial charge in [-0.1, -0.05) is 18.2 Å². The number of benzene rings is 2. The molecule has 0 spiro atoms. The van der Waals surface area contributed by atoms with E-state index in [-0.39, 0.29) is 5.91 Å². The molecule has 0 saturated carbocycles. The van der Waals surface area contributed by atoms with Gasteiger partial charge in [-0.05, 0) is 62.4 Å². The standard InChI is InChI=1S/C24H26N6O2/c1-24(2,25)15-26-22(31)16-10-12-18(13-11-16)27-23-28-21-9-5-8-20(30(21)29-23)17-6-4-7-19(14-17)32-3/h4-14H,15,25H2,1-3H3,(H,26,31)(H,27,29). The summed E-state index contributed by atoms with van der Waals surface area (Å²) in [5, 5.41) is 10.6. The summed E-state index contributed by atoms with van der Waals surface area (Å²) in [6, 6.07) is 20.8. The van der Waals surface area contributed by atoms with Crippen molar-refractivity contribution in [2.24, 2.45) is 5.73 Å². The van der Waals surface area contributed by atoms with E-state index in [1.165, 1.54) is 0 Å². The van der Waals surface area contributed by atoms with Crippen LogP contribution >= 0.6 is 0 Å². The maximum absolute atomic E-state index is 12.3. The Bertz CT molecular complexity index is 1240. The Labute approximate surface area is 186 Å². The zero-order chi connectivity index (χ0) is 22.7. The summed E-state index contributed by atoms with van der Waals surface area (Å²) in [6.07, 6.45) is 0. The number of nitrogens with two attached hydrogens (primary N) is 1. The van der Waals surface area contributed by atoms with Crippen molar-refractivity contribution in [2.75, 3.05) is 19.0 Å². The molecule has 0 radical (unpaired) electrons. The second kappa shape index (κ2) is 8.68. The van der Waals surface area contributed by atoms with E-state index in [1.807, 2.05) is 68.4 Å². The number of anilines is 2. The van der Waals surface area contributed by atoms with Crippen molar-refractivity contribution in [1.82, 2.24) is 19.9 Å². The van der Waals surface area contributed by atoms with Crippen molar-refractivity contribution in [3.05, 3.63) is 72.3 Å². The highest BCUT2D eigenvalue weighted by molar-refractivity contribution is 5.94. The average Bonchev–Trinajstić information content (AvgIpc) is 3.20. The Morgan fingerprint density at radius 1 is 1.09 bits per heavy atom. The fourth-order valence-electron chi connectivity index (χ4n) is 3.20. The lowest BCUT2D eigenvalue weighted by Gasteiger charge is -2.18. The quantitative estimate of drug-likeness (QED) is 0.413. The summed E-state index contributed by atoms with van der Waals surface area (Å²) in [5.74, 6) is 1.07. The number of amides is 1. The molecule has 8 heteroatoms. The Balaban J connectivity index is 1.53. The molecule has 4 N–H and O–H groups in total. The molecule has 2 aromatic carbocycles. The number of aromatic nitrogens is 3. The van der Waals surface area contributed by atoms with Crippen molar-refractivity contribution in [3.8, 4) is 17.0 Å². The lowest BCUT2D eigenvalue weighted by Crippen LogP contribution is -2.45. The number of methoxy groups -OCH3 is 1. The van der Waals surface area contributed by atoms with Crippen LogP contribution in [-0.2, 0) is 0 Å². The van der Waals surface area contributed by atoms with Gasteiger partial charge in [0, 0.05) is 28.9 Å². The van der Waals surface area contributed by atoms with Crippen molar-refractivity contribution in [2.45, 2.75) is 19.4 Å². The molecule has 0 bridgehead atoms. The number of nitrogens with one attached hydrogen (secondary N) is 2. The molecule has 32 heavy (non-hydrogen) atoms. The van der Waals surface area contributed by atoms with E-state index < -0.39 is 5.54 Å². The number of fused-ring (bicyclic) bond motifs is 1. The van der Waals surface area contributed by atoms with Crippen LogP contribution in [0.3, 0.4) is 0 Å². The minimum absolute atomic E-state index is 0.163. The van der Waals surface area contributed by atoms with E-state index in [9.17, 15) is 4.79 Å². The van der Waals surface area contributed by atoms with Crippen molar-refractivity contribution < 1.29 is 9.53 Å². The van der Waals surface area contributed by atoms with Crippen LogP contribution in [0.15, 0.2) is 66.7 Å². The van der Waals surface area contributed by atoms with Crippen molar-refractivity contribution in [3.63, 3.8) is 0 Å². The second-order valence-electron chi connectivity index (χ2n) is 8.22. The average molecular weight is 431 g/mol. The predicted octanol–water partition coefficient (Wildman–Crippen LogP) is 3.62. The van der Waals surface area contributed by atoms with Crippen LogP contribution in [0, 0.1) is 0 Å². The van der Waals surface area contributed by atoms with Gasteiger partial charge in [0.2, 0.25) is 5.95 Å². The van der Waals surface area contributed by atoms with Gasteiger partial charge in [0.05, 0.1) is 12.8 Å². The summed E-state index contributed by atoms with van der Waals surface area (Å²) in [6.45, 7) is 4.12. The number of carbonyl (C=O) groups excluding carboxylic acids is 1. The minimum Gasteiger partial charge on any atom is -0.497 e. The SMILES string of the molecule is COc1cccc(-c2cccc3nc(Nc4ccc(C(=O)NCC(C)(C)N)cc4)nn23)c1. The first kappa shape index (κ1) is 21.3. The molecule has 0 aliphatic rings. The molecule has 1 amide bonds.